The minimum Gasteiger partial charge on any atom is -0.370 e. The summed E-state index contributed by atoms with van der Waals surface area (Å²) in [4.78, 5) is 19.1. The number of nitrogens with zero attached hydrogens (tertiary/aromatic N) is 2. The average Bonchev–Trinajstić information content (AvgIpc) is 2.44. The largest absolute Gasteiger partial charge is 0.370 e. The van der Waals surface area contributed by atoms with Gasteiger partial charge in [-0.25, -0.2) is 4.98 Å². The molecule has 20 heavy (non-hydrogen) atoms. The second-order valence-electron chi connectivity index (χ2n) is 5.23. The van der Waals surface area contributed by atoms with E-state index in [1.165, 1.54) is 0 Å². The maximum Gasteiger partial charge on any atom is 0.254 e. The maximum absolute atomic E-state index is 12.6. The molecule has 1 N–H and O–H groups in total. The average molecular weight is 293 g/mol. The Labute approximate surface area is 125 Å². The highest BCUT2D eigenvalue weighted by molar-refractivity contribution is 7.99. The normalized spacial score (nSPS) is 18.9. The van der Waals surface area contributed by atoms with Crippen molar-refractivity contribution in [2.24, 2.45) is 0 Å². The van der Waals surface area contributed by atoms with Crippen molar-refractivity contribution in [2.45, 2.75) is 33.2 Å². The molecular formula is C15H23N3OS. The van der Waals surface area contributed by atoms with Crippen molar-refractivity contribution in [2.75, 3.05) is 29.9 Å². The molecule has 5 heteroatoms. The number of carbonyl (C=O) groups excluding carboxylic acids is 1. The van der Waals surface area contributed by atoms with Crippen molar-refractivity contribution in [3.63, 3.8) is 0 Å². The van der Waals surface area contributed by atoms with Crippen LogP contribution in [0.25, 0.3) is 0 Å². The smallest absolute Gasteiger partial charge is 0.254 e. The monoisotopic (exact) mass is 293 g/mol. The van der Waals surface area contributed by atoms with Crippen LogP contribution in [0.1, 0.15) is 36.3 Å². The predicted molar refractivity (Wildman–Crippen MR) is 85.6 cm³/mol. The number of hydrogen-bond donors (Lipinski definition) is 1. The molecule has 0 saturated carbocycles. The van der Waals surface area contributed by atoms with E-state index >= 15 is 0 Å². The second-order valence-corrected chi connectivity index (χ2v) is 6.38. The van der Waals surface area contributed by atoms with Crippen LogP contribution in [0.5, 0.6) is 0 Å². The minimum absolute atomic E-state index is 0.128. The van der Waals surface area contributed by atoms with Gasteiger partial charge < -0.3 is 10.2 Å². The fourth-order valence-electron chi connectivity index (χ4n) is 2.33. The molecule has 1 unspecified atom stereocenters. The minimum atomic E-state index is 0.128. The van der Waals surface area contributed by atoms with Gasteiger partial charge in [-0.15, -0.1) is 0 Å². The molecule has 1 amide bonds. The highest BCUT2D eigenvalue weighted by Gasteiger charge is 2.25. The number of nitrogens with one attached hydrogen (secondary N) is 1. The number of aryl methyl sites for hydroxylation is 1. The Kier molecular flexibility index (Phi) is 5.29. The summed E-state index contributed by atoms with van der Waals surface area (Å²) in [6.45, 7) is 7.88. The summed E-state index contributed by atoms with van der Waals surface area (Å²) >= 11 is 1.92. The van der Waals surface area contributed by atoms with E-state index in [4.69, 9.17) is 0 Å². The summed E-state index contributed by atoms with van der Waals surface area (Å²) in [6, 6.07) is 4.06. The first-order chi connectivity index (χ1) is 9.61. The van der Waals surface area contributed by atoms with Gasteiger partial charge in [-0.2, -0.15) is 11.8 Å². The standard InChI is InChI=1S/C15H23N3OS/c1-4-5-16-14-9-13(8-11(2)17-14)15(19)18-6-7-20-10-12(18)3/h8-9,12H,4-7,10H2,1-3H3,(H,16,17). The van der Waals surface area contributed by atoms with Gasteiger partial charge in [0, 0.05) is 41.9 Å². The molecule has 0 spiro atoms. The zero-order valence-electron chi connectivity index (χ0n) is 12.5. The van der Waals surface area contributed by atoms with Crippen LogP contribution in [-0.2, 0) is 0 Å². The molecule has 2 rings (SSSR count). The first-order valence-electron chi connectivity index (χ1n) is 7.23. The third-order valence-electron chi connectivity index (χ3n) is 3.38. The van der Waals surface area contributed by atoms with Gasteiger partial charge in [0.05, 0.1) is 0 Å². The highest BCUT2D eigenvalue weighted by Crippen LogP contribution is 2.20. The summed E-state index contributed by atoms with van der Waals surface area (Å²) < 4.78 is 0. The van der Waals surface area contributed by atoms with Crippen molar-refractivity contribution >= 4 is 23.5 Å². The van der Waals surface area contributed by atoms with Crippen LogP contribution in [-0.4, -0.2) is 46.4 Å². The Morgan fingerprint density at radius 2 is 2.35 bits per heavy atom. The fraction of sp³-hybridized carbons (Fsp3) is 0.600. The third kappa shape index (κ3) is 3.66. The topological polar surface area (TPSA) is 45.2 Å². The lowest BCUT2D eigenvalue weighted by Gasteiger charge is -2.33. The van der Waals surface area contributed by atoms with Crippen molar-refractivity contribution in [3.05, 3.63) is 23.4 Å². The summed E-state index contributed by atoms with van der Waals surface area (Å²) in [6.07, 6.45) is 1.04. The molecular weight excluding hydrogens is 270 g/mol. The number of amides is 1. The molecule has 1 atom stereocenters. The first-order valence-corrected chi connectivity index (χ1v) is 8.38. The number of anilines is 1. The number of hydrogen-bond acceptors (Lipinski definition) is 4. The molecule has 1 aliphatic rings. The molecule has 4 nitrogen and oxygen atoms in total. The Hall–Kier alpha value is -1.23. The number of pyridine rings is 1. The molecule has 1 fully saturated rings. The zero-order chi connectivity index (χ0) is 14.5. The molecule has 0 bridgehead atoms. The highest BCUT2D eigenvalue weighted by atomic mass is 32.2. The van der Waals surface area contributed by atoms with Gasteiger partial charge in [-0.3, -0.25) is 4.79 Å². The molecule has 0 radical (unpaired) electrons. The van der Waals surface area contributed by atoms with E-state index < -0.39 is 0 Å². The van der Waals surface area contributed by atoms with Crippen LogP contribution in [0.15, 0.2) is 12.1 Å². The van der Waals surface area contributed by atoms with Crippen LogP contribution in [0.4, 0.5) is 5.82 Å². The SMILES string of the molecule is CCCNc1cc(C(=O)N2CCSCC2C)cc(C)n1. The number of thioether (sulfide) groups is 1. The van der Waals surface area contributed by atoms with Crippen LogP contribution in [0.2, 0.25) is 0 Å². The van der Waals surface area contributed by atoms with E-state index in [1.54, 1.807) is 0 Å². The first kappa shape index (κ1) is 15.2. The third-order valence-corrected chi connectivity index (χ3v) is 4.57. The molecule has 0 aromatic carbocycles. The van der Waals surface area contributed by atoms with Crippen LogP contribution >= 0.6 is 11.8 Å². The molecule has 0 aliphatic carbocycles. The lowest BCUT2D eigenvalue weighted by molar-refractivity contribution is 0.0716. The zero-order valence-corrected chi connectivity index (χ0v) is 13.3. The fourth-order valence-corrected chi connectivity index (χ4v) is 3.34. The van der Waals surface area contributed by atoms with Crippen LogP contribution in [0, 0.1) is 6.92 Å². The van der Waals surface area contributed by atoms with Crippen LogP contribution in [0.3, 0.4) is 0 Å². The van der Waals surface area contributed by atoms with Gasteiger partial charge in [0.25, 0.3) is 5.91 Å². The molecule has 2 heterocycles. The molecule has 1 aromatic rings. The Morgan fingerprint density at radius 1 is 1.55 bits per heavy atom. The number of carbonyl (C=O) groups is 1. The Balaban J connectivity index is 2.18. The van der Waals surface area contributed by atoms with E-state index in [9.17, 15) is 4.79 Å². The number of aromatic nitrogens is 1. The summed E-state index contributed by atoms with van der Waals surface area (Å²) in [7, 11) is 0. The van der Waals surface area contributed by atoms with E-state index in [2.05, 4.69) is 24.1 Å². The summed E-state index contributed by atoms with van der Waals surface area (Å²) in [5.41, 5.74) is 1.63. The number of rotatable bonds is 4. The van der Waals surface area contributed by atoms with Gasteiger partial charge in [0.1, 0.15) is 5.82 Å². The van der Waals surface area contributed by atoms with Crippen molar-refractivity contribution in [1.29, 1.82) is 0 Å². The van der Waals surface area contributed by atoms with E-state index in [-0.39, 0.29) is 5.91 Å². The molecule has 1 aromatic heterocycles. The Bertz CT molecular complexity index is 478. The van der Waals surface area contributed by atoms with E-state index in [0.717, 1.165) is 48.1 Å². The predicted octanol–water partition coefficient (Wildman–Crippen LogP) is 2.79. The van der Waals surface area contributed by atoms with Crippen molar-refractivity contribution in [3.8, 4) is 0 Å². The summed E-state index contributed by atoms with van der Waals surface area (Å²) in [5.74, 6) is 2.98. The molecule has 110 valence electrons. The van der Waals surface area contributed by atoms with E-state index in [1.807, 2.05) is 35.7 Å². The van der Waals surface area contributed by atoms with Gasteiger partial charge >= 0.3 is 0 Å². The van der Waals surface area contributed by atoms with Gasteiger partial charge in [0.15, 0.2) is 0 Å². The molecule has 1 aliphatic heterocycles. The van der Waals surface area contributed by atoms with Gasteiger partial charge in [0.2, 0.25) is 0 Å². The quantitative estimate of drug-likeness (QED) is 0.927. The summed E-state index contributed by atoms with van der Waals surface area (Å²) in [5, 5.41) is 3.26. The Morgan fingerprint density at radius 3 is 3.05 bits per heavy atom. The molecule has 1 saturated heterocycles. The van der Waals surface area contributed by atoms with E-state index in [0.29, 0.717) is 6.04 Å². The maximum atomic E-state index is 12.6. The van der Waals surface area contributed by atoms with Crippen molar-refractivity contribution < 1.29 is 4.79 Å². The second kappa shape index (κ2) is 6.97. The van der Waals surface area contributed by atoms with Gasteiger partial charge in [-0.05, 0) is 32.4 Å². The lowest BCUT2D eigenvalue weighted by Crippen LogP contribution is -2.44. The van der Waals surface area contributed by atoms with Crippen LogP contribution < -0.4 is 5.32 Å². The van der Waals surface area contributed by atoms with Gasteiger partial charge in [-0.1, -0.05) is 6.92 Å². The van der Waals surface area contributed by atoms with Crippen molar-refractivity contribution in [1.82, 2.24) is 9.88 Å². The lowest BCUT2D eigenvalue weighted by atomic mass is 10.1.